The van der Waals surface area contributed by atoms with Gasteiger partial charge in [-0.15, -0.1) is 0 Å². The van der Waals surface area contributed by atoms with Crippen LogP contribution in [0.4, 0.5) is 9.18 Å². The summed E-state index contributed by atoms with van der Waals surface area (Å²) in [5, 5.41) is -0.328. The number of benzene rings is 2. The molecule has 0 N–H and O–H groups in total. The standard InChI is InChI=1S/C19H14FI2NO3S/c1-2-26-17-14(21)7-12(8-15(17)22)9-16-18(24)23(19(25)27-16)10-11-3-5-13(20)6-4-11/h3-9H,2,10H2,1H3/b16-9-. The number of hydrogen-bond donors (Lipinski definition) is 0. The van der Waals surface area contributed by atoms with Crippen LogP contribution < -0.4 is 4.74 Å². The molecule has 0 aromatic heterocycles. The minimum atomic E-state index is -0.354. The molecular weight excluding hydrogens is 595 g/mol. The van der Waals surface area contributed by atoms with Gasteiger partial charge in [0, 0.05) is 0 Å². The number of imide groups is 1. The van der Waals surface area contributed by atoms with Crippen LogP contribution in [0.25, 0.3) is 6.08 Å². The monoisotopic (exact) mass is 609 g/mol. The number of nitrogens with zero attached hydrogens (tertiary/aromatic N) is 1. The van der Waals surface area contributed by atoms with E-state index in [4.69, 9.17) is 4.74 Å². The number of hydrogen-bond acceptors (Lipinski definition) is 4. The van der Waals surface area contributed by atoms with Gasteiger partial charge in [0.25, 0.3) is 11.1 Å². The Kier molecular flexibility index (Phi) is 6.79. The van der Waals surface area contributed by atoms with Crippen molar-refractivity contribution in [2.45, 2.75) is 13.5 Å². The average Bonchev–Trinajstić information content (AvgIpc) is 2.87. The molecule has 27 heavy (non-hydrogen) atoms. The second-order valence-electron chi connectivity index (χ2n) is 5.64. The van der Waals surface area contributed by atoms with Crippen LogP contribution in [-0.4, -0.2) is 22.7 Å². The molecule has 0 aliphatic carbocycles. The average molecular weight is 609 g/mol. The van der Waals surface area contributed by atoms with E-state index in [1.54, 1.807) is 18.2 Å². The fourth-order valence-corrected chi connectivity index (χ4v) is 5.47. The minimum Gasteiger partial charge on any atom is -0.492 e. The van der Waals surface area contributed by atoms with Crippen molar-refractivity contribution in [3.8, 4) is 5.75 Å². The molecule has 0 unspecified atom stereocenters. The zero-order chi connectivity index (χ0) is 19.6. The normalized spacial score (nSPS) is 15.7. The third-order valence-electron chi connectivity index (χ3n) is 3.73. The Morgan fingerprint density at radius 1 is 1.15 bits per heavy atom. The van der Waals surface area contributed by atoms with Crippen molar-refractivity contribution in [2.75, 3.05) is 6.61 Å². The minimum absolute atomic E-state index is 0.126. The van der Waals surface area contributed by atoms with E-state index in [9.17, 15) is 14.0 Å². The number of amides is 2. The number of halogens is 3. The maximum Gasteiger partial charge on any atom is 0.293 e. The van der Waals surface area contributed by atoms with Gasteiger partial charge in [0.05, 0.1) is 25.2 Å². The van der Waals surface area contributed by atoms with E-state index in [0.717, 1.165) is 30.2 Å². The third-order valence-corrected chi connectivity index (χ3v) is 6.24. The van der Waals surface area contributed by atoms with Crippen LogP contribution in [-0.2, 0) is 11.3 Å². The molecule has 0 spiro atoms. The number of thioether (sulfide) groups is 1. The Balaban J connectivity index is 1.82. The molecule has 0 radical (unpaired) electrons. The molecule has 1 saturated heterocycles. The molecule has 0 atom stereocenters. The predicted octanol–water partition coefficient (Wildman–Crippen LogP) is 5.67. The summed E-state index contributed by atoms with van der Waals surface area (Å²) in [5.74, 6) is 0.126. The van der Waals surface area contributed by atoms with Gasteiger partial charge < -0.3 is 4.74 Å². The highest BCUT2D eigenvalue weighted by Crippen LogP contribution is 2.35. The molecule has 0 bridgehead atoms. The Morgan fingerprint density at radius 3 is 2.37 bits per heavy atom. The van der Waals surface area contributed by atoms with Gasteiger partial charge in [-0.2, -0.15) is 0 Å². The molecule has 2 aromatic rings. The summed E-state index contributed by atoms with van der Waals surface area (Å²) in [4.78, 5) is 26.5. The SMILES string of the molecule is CCOc1c(I)cc(/C=C2\SC(=O)N(Cc3ccc(F)cc3)C2=O)cc1I. The topological polar surface area (TPSA) is 46.6 Å². The maximum absolute atomic E-state index is 13.0. The number of carbonyl (C=O) groups excluding carboxylic acids is 2. The first-order valence-electron chi connectivity index (χ1n) is 8.00. The van der Waals surface area contributed by atoms with Crippen molar-refractivity contribution in [1.82, 2.24) is 4.90 Å². The predicted molar refractivity (Wildman–Crippen MR) is 121 cm³/mol. The summed E-state index contributed by atoms with van der Waals surface area (Å²) in [5.41, 5.74) is 1.53. The smallest absolute Gasteiger partial charge is 0.293 e. The highest BCUT2D eigenvalue weighted by Gasteiger charge is 2.35. The molecule has 4 nitrogen and oxygen atoms in total. The summed E-state index contributed by atoms with van der Waals surface area (Å²) in [6.07, 6.45) is 1.72. The van der Waals surface area contributed by atoms with Gasteiger partial charge in [0.2, 0.25) is 0 Å². The molecule has 1 aliphatic rings. The largest absolute Gasteiger partial charge is 0.492 e. The van der Waals surface area contributed by atoms with E-state index in [1.807, 2.05) is 19.1 Å². The first kappa shape index (κ1) is 20.6. The Hall–Kier alpha value is -1.14. The zero-order valence-electron chi connectivity index (χ0n) is 14.2. The fraction of sp³-hybridized carbons (Fsp3) is 0.158. The molecule has 0 saturated carbocycles. The molecule has 2 amide bonds. The number of carbonyl (C=O) groups is 2. The third kappa shape index (κ3) is 4.83. The van der Waals surface area contributed by atoms with Crippen LogP contribution in [0.15, 0.2) is 41.3 Å². The van der Waals surface area contributed by atoms with Gasteiger partial charge in [0.15, 0.2) is 0 Å². The van der Waals surface area contributed by atoms with Crippen LogP contribution in [0.2, 0.25) is 0 Å². The van der Waals surface area contributed by atoms with Gasteiger partial charge in [-0.25, -0.2) is 4.39 Å². The molecule has 2 aromatic carbocycles. The fourth-order valence-electron chi connectivity index (χ4n) is 2.51. The van der Waals surface area contributed by atoms with Crippen molar-refractivity contribution >= 4 is 74.2 Å². The van der Waals surface area contributed by atoms with Crippen LogP contribution in [0.5, 0.6) is 5.75 Å². The molecule has 1 heterocycles. The Bertz CT molecular complexity index is 908. The van der Waals surface area contributed by atoms with Crippen LogP contribution in [0, 0.1) is 13.0 Å². The summed E-state index contributed by atoms with van der Waals surface area (Å²) >= 11 is 5.30. The van der Waals surface area contributed by atoms with Gasteiger partial charge in [-0.05, 0) is 105 Å². The van der Waals surface area contributed by atoms with Gasteiger partial charge >= 0.3 is 0 Å². The lowest BCUT2D eigenvalue weighted by Gasteiger charge is -2.12. The van der Waals surface area contributed by atoms with Crippen molar-refractivity contribution in [1.29, 1.82) is 0 Å². The lowest BCUT2D eigenvalue weighted by Crippen LogP contribution is -2.27. The number of ether oxygens (including phenoxy) is 1. The summed E-state index contributed by atoms with van der Waals surface area (Å²) < 4.78 is 20.5. The van der Waals surface area contributed by atoms with Crippen molar-refractivity contribution in [3.05, 3.63) is 65.4 Å². The Morgan fingerprint density at radius 2 is 1.78 bits per heavy atom. The Labute approximate surface area is 187 Å². The zero-order valence-corrected chi connectivity index (χ0v) is 19.3. The van der Waals surface area contributed by atoms with Gasteiger partial charge in [-0.1, -0.05) is 12.1 Å². The maximum atomic E-state index is 13.0. The lowest BCUT2D eigenvalue weighted by atomic mass is 10.2. The highest BCUT2D eigenvalue weighted by atomic mass is 127. The summed E-state index contributed by atoms with van der Waals surface area (Å²) in [6.45, 7) is 2.63. The van der Waals surface area contributed by atoms with Crippen molar-refractivity contribution in [3.63, 3.8) is 0 Å². The van der Waals surface area contributed by atoms with Crippen LogP contribution in [0.3, 0.4) is 0 Å². The van der Waals surface area contributed by atoms with Gasteiger partial charge in [0.1, 0.15) is 11.6 Å². The van der Waals surface area contributed by atoms with Crippen LogP contribution >= 0.6 is 56.9 Å². The van der Waals surface area contributed by atoms with Crippen LogP contribution in [0.1, 0.15) is 18.1 Å². The molecule has 1 aliphatic heterocycles. The van der Waals surface area contributed by atoms with E-state index in [1.165, 1.54) is 17.0 Å². The molecule has 3 rings (SSSR count). The highest BCUT2D eigenvalue weighted by molar-refractivity contribution is 14.1. The van der Waals surface area contributed by atoms with E-state index in [0.29, 0.717) is 17.1 Å². The second-order valence-corrected chi connectivity index (χ2v) is 8.96. The lowest BCUT2D eigenvalue weighted by molar-refractivity contribution is -0.123. The van der Waals surface area contributed by atoms with E-state index >= 15 is 0 Å². The van der Waals surface area contributed by atoms with Gasteiger partial charge in [-0.3, -0.25) is 14.5 Å². The van der Waals surface area contributed by atoms with E-state index in [-0.39, 0.29) is 23.5 Å². The van der Waals surface area contributed by atoms with Crippen molar-refractivity contribution in [2.24, 2.45) is 0 Å². The van der Waals surface area contributed by atoms with E-state index < -0.39 is 0 Å². The first-order chi connectivity index (χ1) is 12.9. The molecule has 1 fully saturated rings. The summed E-state index contributed by atoms with van der Waals surface area (Å²) in [7, 11) is 0. The first-order valence-corrected chi connectivity index (χ1v) is 11.0. The molecule has 140 valence electrons. The molecular formula is C19H14FI2NO3S. The second kappa shape index (κ2) is 8.91. The summed E-state index contributed by atoms with van der Waals surface area (Å²) in [6, 6.07) is 9.60. The van der Waals surface area contributed by atoms with E-state index in [2.05, 4.69) is 45.2 Å². The number of rotatable bonds is 5. The quantitative estimate of drug-likeness (QED) is 0.324. The molecule has 8 heteroatoms. The van der Waals surface area contributed by atoms with Crippen molar-refractivity contribution < 1.29 is 18.7 Å².